The maximum Gasteiger partial charge on any atom is 0.227 e. The molecule has 1 fully saturated rings. The molecular weight excluding hydrogens is 202 g/mol. The highest BCUT2D eigenvalue weighted by Gasteiger charge is 2.13. The van der Waals surface area contributed by atoms with Gasteiger partial charge in [0.05, 0.1) is 0 Å². The van der Waals surface area contributed by atoms with E-state index in [0.29, 0.717) is 6.04 Å². The Labute approximate surface area is 96.3 Å². The van der Waals surface area contributed by atoms with Crippen LogP contribution >= 0.6 is 0 Å². The van der Waals surface area contributed by atoms with Gasteiger partial charge in [-0.25, -0.2) is 4.98 Å². The average molecular weight is 221 g/mol. The van der Waals surface area contributed by atoms with Gasteiger partial charge in [0.15, 0.2) is 0 Å². The molecule has 5 nitrogen and oxygen atoms in total. The van der Waals surface area contributed by atoms with E-state index in [4.69, 9.17) is 0 Å². The summed E-state index contributed by atoms with van der Waals surface area (Å²) in [5, 5.41) is 6.61. The number of rotatable bonds is 3. The number of anilines is 2. The van der Waals surface area contributed by atoms with Gasteiger partial charge in [0, 0.05) is 38.4 Å². The molecular formula is C11H19N5. The molecule has 1 aromatic heterocycles. The third-order valence-corrected chi connectivity index (χ3v) is 2.48. The van der Waals surface area contributed by atoms with Crippen molar-refractivity contribution >= 4 is 11.8 Å². The highest BCUT2D eigenvalue weighted by atomic mass is 15.3. The maximum absolute atomic E-state index is 4.51. The Morgan fingerprint density at radius 3 is 2.81 bits per heavy atom. The summed E-state index contributed by atoms with van der Waals surface area (Å²) in [7, 11) is 0. The first-order valence-electron chi connectivity index (χ1n) is 5.81. The Hall–Kier alpha value is -1.36. The van der Waals surface area contributed by atoms with E-state index < -0.39 is 0 Å². The summed E-state index contributed by atoms with van der Waals surface area (Å²) < 4.78 is 0. The Bertz CT molecular complexity index is 333. The molecule has 0 saturated carbocycles. The number of aromatic nitrogens is 2. The van der Waals surface area contributed by atoms with E-state index in [9.17, 15) is 0 Å². The second kappa shape index (κ2) is 5.12. The molecule has 0 bridgehead atoms. The largest absolute Gasteiger partial charge is 0.368 e. The second-order valence-electron chi connectivity index (χ2n) is 4.28. The van der Waals surface area contributed by atoms with Gasteiger partial charge >= 0.3 is 0 Å². The molecule has 0 amide bonds. The van der Waals surface area contributed by atoms with Crippen molar-refractivity contribution in [3.63, 3.8) is 0 Å². The van der Waals surface area contributed by atoms with Gasteiger partial charge in [-0.1, -0.05) is 0 Å². The lowest BCUT2D eigenvalue weighted by molar-refractivity contribution is 0.580. The summed E-state index contributed by atoms with van der Waals surface area (Å²) in [4.78, 5) is 11.0. The van der Waals surface area contributed by atoms with Gasteiger partial charge in [-0.2, -0.15) is 4.98 Å². The second-order valence-corrected chi connectivity index (χ2v) is 4.28. The van der Waals surface area contributed by atoms with Crippen molar-refractivity contribution in [1.29, 1.82) is 0 Å². The van der Waals surface area contributed by atoms with Crippen LogP contribution in [0.2, 0.25) is 0 Å². The minimum atomic E-state index is 0.394. The van der Waals surface area contributed by atoms with Crippen LogP contribution in [0, 0.1) is 0 Å². The molecule has 0 atom stereocenters. The van der Waals surface area contributed by atoms with Gasteiger partial charge in [0.1, 0.15) is 5.82 Å². The summed E-state index contributed by atoms with van der Waals surface area (Å²) in [6.07, 6.45) is 1.81. The van der Waals surface area contributed by atoms with E-state index in [2.05, 4.69) is 39.3 Å². The van der Waals surface area contributed by atoms with E-state index in [-0.39, 0.29) is 0 Å². The molecule has 1 aliphatic rings. The third kappa shape index (κ3) is 2.82. The molecule has 2 rings (SSSR count). The zero-order chi connectivity index (χ0) is 11.4. The van der Waals surface area contributed by atoms with Gasteiger partial charge in [0.25, 0.3) is 0 Å². The minimum absolute atomic E-state index is 0.394. The standard InChI is InChI=1S/C11H19N5/c1-9(2)14-10-3-4-13-11(15-10)16-7-5-12-6-8-16/h3-4,9,12H,5-8H2,1-2H3,(H,13,14,15). The summed E-state index contributed by atoms with van der Waals surface area (Å²) in [6, 6.07) is 2.30. The van der Waals surface area contributed by atoms with Gasteiger partial charge in [-0.15, -0.1) is 0 Å². The van der Waals surface area contributed by atoms with Crippen LogP contribution in [0.1, 0.15) is 13.8 Å². The molecule has 0 spiro atoms. The van der Waals surface area contributed by atoms with Crippen molar-refractivity contribution in [3.8, 4) is 0 Å². The van der Waals surface area contributed by atoms with Crippen molar-refractivity contribution in [2.75, 3.05) is 36.4 Å². The predicted octanol–water partition coefficient (Wildman–Crippen LogP) is 0.706. The Balaban J connectivity index is 2.08. The fourth-order valence-electron chi connectivity index (χ4n) is 1.74. The predicted molar refractivity (Wildman–Crippen MR) is 65.9 cm³/mol. The van der Waals surface area contributed by atoms with Gasteiger partial charge in [-0.3, -0.25) is 0 Å². The van der Waals surface area contributed by atoms with E-state index in [1.54, 1.807) is 0 Å². The molecule has 0 aliphatic carbocycles. The number of nitrogens with zero attached hydrogens (tertiary/aromatic N) is 3. The summed E-state index contributed by atoms with van der Waals surface area (Å²) in [5.74, 6) is 1.73. The lowest BCUT2D eigenvalue weighted by atomic mass is 10.4. The van der Waals surface area contributed by atoms with Crippen molar-refractivity contribution in [2.24, 2.45) is 0 Å². The van der Waals surface area contributed by atoms with Crippen molar-refractivity contribution in [1.82, 2.24) is 15.3 Å². The lowest BCUT2D eigenvalue weighted by Gasteiger charge is -2.27. The smallest absolute Gasteiger partial charge is 0.227 e. The number of hydrogen-bond donors (Lipinski definition) is 2. The molecule has 1 aromatic rings. The molecule has 16 heavy (non-hydrogen) atoms. The normalized spacial score (nSPS) is 16.6. The molecule has 0 radical (unpaired) electrons. The lowest BCUT2D eigenvalue weighted by Crippen LogP contribution is -2.44. The summed E-state index contributed by atoms with van der Waals surface area (Å²) in [5.41, 5.74) is 0. The summed E-state index contributed by atoms with van der Waals surface area (Å²) >= 11 is 0. The Morgan fingerprint density at radius 2 is 2.12 bits per heavy atom. The van der Waals surface area contributed by atoms with E-state index in [1.807, 2.05) is 12.3 Å². The van der Waals surface area contributed by atoms with Crippen LogP contribution in [0.3, 0.4) is 0 Å². The van der Waals surface area contributed by atoms with E-state index in [0.717, 1.165) is 37.9 Å². The zero-order valence-corrected chi connectivity index (χ0v) is 9.90. The fourth-order valence-corrected chi connectivity index (χ4v) is 1.74. The van der Waals surface area contributed by atoms with Crippen molar-refractivity contribution < 1.29 is 0 Å². The fraction of sp³-hybridized carbons (Fsp3) is 0.636. The quantitative estimate of drug-likeness (QED) is 0.787. The van der Waals surface area contributed by atoms with Crippen LogP contribution in [0.4, 0.5) is 11.8 Å². The summed E-state index contributed by atoms with van der Waals surface area (Å²) in [6.45, 7) is 8.17. The van der Waals surface area contributed by atoms with Crippen LogP contribution in [0.15, 0.2) is 12.3 Å². The molecule has 2 N–H and O–H groups in total. The van der Waals surface area contributed by atoms with Gasteiger partial charge < -0.3 is 15.5 Å². The highest BCUT2D eigenvalue weighted by molar-refractivity contribution is 5.41. The first-order chi connectivity index (χ1) is 7.75. The number of piperazine rings is 1. The molecule has 5 heteroatoms. The van der Waals surface area contributed by atoms with Crippen LogP contribution < -0.4 is 15.5 Å². The first-order valence-corrected chi connectivity index (χ1v) is 5.81. The molecule has 2 heterocycles. The van der Waals surface area contributed by atoms with Crippen LogP contribution in [0.5, 0.6) is 0 Å². The SMILES string of the molecule is CC(C)Nc1ccnc(N2CCNCC2)n1. The highest BCUT2D eigenvalue weighted by Crippen LogP contribution is 2.11. The molecule has 88 valence electrons. The molecule has 1 aliphatic heterocycles. The number of hydrogen-bond acceptors (Lipinski definition) is 5. The van der Waals surface area contributed by atoms with Crippen LogP contribution in [-0.2, 0) is 0 Å². The first kappa shape index (κ1) is 11.1. The van der Waals surface area contributed by atoms with Crippen LogP contribution in [0.25, 0.3) is 0 Å². The van der Waals surface area contributed by atoms with Crippen LogP contribution in [-0.4, -0.2) is 42.2 Å². The van der Waals surface area contributed by atoms with E-state index >= 15 is 0 Å². The Morgan fingerprint density at radius 1 is 1.38 bits per heavy atom. The molecule has 0 unspecified atom stereocenters. The van der Waals surface area contributed by atoms with Crippen molar-refractivity contribution in [3.05, 3.63) is 12.3 Å². The third-order valence-electron chi connectivity index (χ3n) is 2.48. The molecule has 1 saturated heterocycles. The zero-order valence-electron chi connectivity index (χ0n) is 9.90. The molecule has 0 aromatic carbocycles. The number of nitrogens with one attached hydrogen (secondary N) is 2. The van der Waals surface area contributed by atoms with Crippen molar-refractivity contribution in [2.45, 2.75) is 19.9 Å². The van der Waals surface area contributed by atoms with Gasteiger partial charge in [0.2, 0.25) is 5.95 Å². The maximum atomic E-state index is 4.51. The topological polar surface area (TPSA) is 53.1 Å². The van der Waals surface area contributed by atoms with Gasteiger partial charge in [-0.05, 0) is 19.9 Å². The average Bonchev–Trinajstić information content (AvgIpc) is 2.30. The Kier molecular flexibility index (Phi) is 3.56. The van der Waals surface area contributed by atoms with E-state index in [1.165, 1.54) is 0 Å². The minimum Gasteiger partial charge on any atom is -0.368 e. The monoisotopic (exact) mass is 221 g/mol.